The summed E-state index contributed by atoms with van der Waals surface area (Å²) in [5.74, 6) is -0.743. The Bertz CT molecular complexity index is 721. The molecule has 0 saturated carbocycles. The van der Waals surface area contributed by atoms with E-state index in [-0.39, 0.29) is 23.6 Å². The Labute approximate surface area is 136 Å². The average molecular weight is 336 g/mol. The molecule has 1 atom stereocenters. The van der Waals surface area contributed by atoms with E-state index in [0.29, 0.717) is 13.1 Å². The maximum Gasteiger partial charge on any atom is 0.267 e. The van der Waals surface area contributed by atoms with Gasteiger partial charge in [0.25, 0.3) is 10.0 Å². The summed E-state index contributed by atoms with van der Waals surface area (Å²) in [6, 6.07) is 5.43. The summed E-state index contributed by atoms with van der Waals surface area (Å²) in [5.41, 5.74) is 0.932. The second kappa shape index (κ2) is 5.96. The summed E-state index contributed by atoms with van der Waals surface area (Å²) >= 11 is 0. The van der Waals surface area contributed by atoms with E-state index in [1.807, 2.05) is 6.92 Å². The fourth-order valence-corrected chi connectivity index (χ4v) is 4.76. The number of sulfonamides is 1. The molecule has 23 heavy (non-hydrogen) atoms. The van der Waals surface area contributed by atoms with Crippen LogP contribution in [0.2, 0.25) is 0 Å². The molecule has 1 aromatic carbocycles. The van der Waals surface area contributed by atoms with Crippen molar-refractivity contribution in [2.24, 2.45) is 0 Å². The highest BCUT2D eigenvalue weighted by molar-refractivity contribution is 7.89. The van der Waals surface area contributed by atoms with Crippen LogP contribution >= 0.6 is 0 Å². The van der Waals surface area contributed by atoms with Crippen molar-refractivity contribution in [1.82, 2.24) is 9.21 Å². The number of benzene rings is 1. The summed E-state index contributed by atoms with van der Waals surface area (Å²) in [7, 11) is -3.99. The van der Waals surface area contributed by atoms with Crippen LogP contribution in [0.3, 0.4) is 0 Å². The molecule has 2 aliphatic rings. The van der Waals surface area contributed by atoms with Crippen molar-refractivity contribution >= 4 is 21.8 Å². The van der Waals surface area contributed by atoms with Gasteiger partial charge in [-0.25, -0.2) is 12.7 Å². The molecule has 7 heteroatoms. The van der Waals surface area contributed by atoms with Crippen LogP contribution in [0.25, 0.3) is 0 Å². The van der Waals surface area contributed by atoms with Gasteiger partial charge in [-0.2, -0.15) is 0 Å². The molecule has 2 amide bonds. The van der Waals surface area contributed by atoms with Crippen molar-refractivity contribution in [3.05, 3.63) is 29.8 Å². The molecule has 1 aromatic rings. The molecule has 0 N–H and O–H groups in total. The van der Waals surface area contributed by atoms with Crippen LogP contribution in [0, 0.1) is 6.92 Å². The lowest BCUT2D eigenvalue weighted by Crippen LogP contribution is -2.48. The van der Waals surface area contributed by atoms with E-state index in [9.17, 15) is 18.0 Å². The van der Waals surface area contributed by atoms with Crippen LogP contribution in [0.15, 0.2) is 29.2 Å². The van der Waals surface area contributed by atoms with Crippen molar-refractivity contribution in [3.63, 3.8) is 0 Å². The molecule has 0 radical (unpaired) electrons. The summed E-state index contributed by atoms with van der Waals surface area (Å²) in [6.07, 6.45) is 2.21. The molecule has 0 unspecified atom stereocenters. The number of aryl methyl sites for hydroxylation is 1. The minimum absolute atomic E-state index is 0.0533. The van der Waals surface area contributed by atoms with Gasteiger partial charge < -0.3 is 4.90 Å². The van der Waals surface area contributed by atoms with Gasteiger partial charge in [-0.1, -0.05) is 17.7 Å². The van der Waals surface area contributed by atoms with Gasteiger partial charge in [0.1, 0.15) is 6.04 Å². The van der Waals surface area contributed by atoms with Gasteiger partial charge >= 0.3 is 0 Å². The van der Waals surface area contributed by atoms with E-state index >= 15 is 0 Å². The van der Waals surface area contributed by atoms with E-state index in [1.165, 1.54) is 12.1 Å². The fraction of sp³-hybridized carbons (Fsp3) is 0.500. The molecule has 0 aromatic heterocycles. The Kier molecular flexibility index (Phi) is 4.14. The zero-order valence-electron chi connectivity index (χ0n) is 13.1. The van der Waals surface area contributed by atoms with Crippen LogP contribution in [0.5, 0.6) is 0 Å². The van der Waals surface area contributed by atoms with Crippen molar-refractivity contribution in [2.45, 2.75) is 43.5 Å². The van der Waals surface area contributed by atoms with Crippen molar-refractivity contribution in [2.75, 3.05) is 13.1 Å². The largest absolute Gasteiger partial charge is 0.341 e. The lowest BCUT2D eigenvalue weighted by Gasteiger charge is -2.27. The number of carbonyl (C=O) groups is 2. The van der Waals surface area contributed by atoms with Crippen molar-refractivity contribution in [1.29, 1.82) is 0 Å². The van der Waals surface area contributed by atoms with Gasteiger partial charge in [0.05, 0.1) is 4.90 Å². The Hall–Kier alpha value is -1.89. The molecule has 6 nitrogen and oxygen atoms in total. The summed E-state index contributed by atoms with van der Waals surface area (Å²) in [5, 5.41) is 0. The number of hydrogen-bond acceptors (Lipinski definition) is 4. The second-order valence-electron chi connectivity index (χ2n) is 6.09. The second-order valence-corrected chi connectivity index (χ2v) is 7.91. The number of nitrogens with zero attached hydrogens (tertiary/aromatic N) is 2. The molecule has 0 bridgehead atoms. The Morgan fingerprint density at radius 1 is 1.13 bits per heavy atom. The van der Waals surface area contributed by atoms with Crippen molar-refractivity contribution < 1.29 is 18.0 Å². The van der Waals surface area contributed by atoms with Gasteiger partial charge in [0, 0.05) is 19.5 Å². The molecule has 0 aliphatic carbocycles. The quantitative estimate of drug-likeness (QED) is 0.834. The molecule has 2 saturated heterocycles. The molecule has 124 valence electrons. The third-order valence-corrected chi connectivity index (χ3v) is 6.29. The number of amides is 2. The predicted octanol–water partition coefficient (Wildman–Crippen LogP) is 1.30. The SMILES string of the molecule is Cc1ccc(S(=O)(=O)N2C(=O)CC[C@@H]2C(=O)N2CCCC2)cc1. The third-order valence-electron chi connectivity index (χ3n) is 4.44. The minimum Gasteiger partial charge on any atom is -0.341 e. The highest BCUT2D eigenvalue weighted by Crippen LogP contribution is 2.29. The number of hydrogen-bond donors (Lipinski definition) is 0. The minimum atomic E-state index is -3.99. The van der Waals surface area contributed by atoms with E-state index < -0.39 is 22.0 Å². The molecular weight excluding hydrogens is 316 g/mol. The molecular formula is C16H20N2O4S. The van der Waals surface area contributed by atoms with Crippen molar-refractivity contribution in [3.8, 4) is 0 Å². The lowest BCUT2D eigenvalue weighted by molar-refractivity contribution is -0.136. The lowest BCUT2D eigenvalue weighted by atomic mass is 10.2. The molecule has 3 rings (SSSR count). The first-order valence-electron chi connectivity index (χ1n) is 7.84. The number of carbonyl (C=O) groups excluding carboxylic acids is 2. The van der Waals surface area contributed by atoms with Crippen LogP contribution < -0.4 is 0 Å². The van der Waals surface area contributed by atoms with E-state index in [2.05, 4.69) is 0 Å². The Balaban J connectivity index is 1.92. The fourth-order valence-electron chi connectivity index (χ4n) is 3.16. The van der Waals surface area contributed by atoms with Crippen LogP contribution in [0.1, 0.15) is 31.2 Å². The highest BCUT2D eigenvalue weighted by atomic mass is 32.2. The average Bonchev–Trinajstić information content (AvgIpc) is 3.16. The first-order valence-corrected chi connectivity index (χ1v) is 9.28. The van der Waals surface area contributed by atoms with Gasteiger partial charge in [-0.05, 0) is 38.3 Å². The maximum absolute atomic E-state index is 12.8. The van der Waals surface area contributed by atoms with E-state index in [0.717, 1.165) is 22.7 Å². The maximum atomic E-state index is 12.8. The molecule has 2 heterocycles. The van der Waals surface area contributed by atoms with Gasteiger partial charge in [0.15, 0.2) is 0 Å². The highest BCUT2D eigenvalue weighted by Gasteiger charge is 2.45. The van der Waals surface area contributed by atoms with E-state index in [1.54, 1.807) is 17.0 Å². The predicted molar refractivity (Wildman–Crippen MR) is 84.0 cm³/mol. The van der Waals surface area contributed by atoms with Gasteiger partial charge in [-0.15, -0.1) is 0 Å². The number of likely N-dealkylation sites (tertiary alicyclic amines) is 1. The first-order chi connectivity index (χ1) is 10.9. The standard InChI is InChI=1S/C16H20N2O4S/c1-12-4-6-13(7-5-12)23(21,22)18-14(8-9-15(18)19)16(20)17-10-2-3-11-17/h4-7,14H,2-3,8-11H2,1H3/t14-/m1/s1. The van der Waals surface area contributed by atoms with E-state index in [4.69, 9.17) is 0 Å². The Morgan fingerprint density at radius 3 is 2.35 bits per heavy atom. The van der Waals surface area contributed by atoms with Crippen LogP contribution in [-0.2, 0) is 19.6 Å². The normalized spacial score (nSPS) is 22.0. The molecule has 2 fully saturated rings. The van der Waals surface area contributed by atoms with Crippen LogP contribution in [0.4, 0.5) is 0 Å². The first kappa shape index (κ1) is 16.0. The Morgan fingerprint density at radius 2 is 1.74 bits per heavy atom. The zero-order chi connectivity index (χ0) is 16.6. The van der Waals surface area contributed by atoms with Gasteiger partial charge in [-0.3, -0.25) is 9.59 Å². The monoisotopic (exact) mass is 336 g/mol. The smallest absolute Gasteiger partial charge is 0.267 e. The zero-order valence-corrected chi connectivity index (χ0v) is 13.9. The van der Waals surface area contributed by atoms with Gasteiger partial charge in [0.2, 0.25) is 11.8 Å². The summed E-state index contributed by atoms with van der Waals surface area (Å²) < 4.78 is 26.4. The molecule has 2 aliphatic heterocycles. The van der Waals surface area contributed by atoms with Crippen LogP contribution in [-0.4, -0.2) is 48.6 Å². The topological polar surface area (TPSA) is 74.8 Å². The summed E-state index contributed by atoms with van der Waals surface area (Å²) in [4.78, 5) is 26.5. The number of rotatable bonds is 3. The third kappa shape index (κ3) is 2.85. The summed E-state index contributed by atoms with van der Waals surface area (Å²) in [6.45, 7) is 3.14. The molecule has 0 spiro atoms.